The van der Waals surface area contributed by atoms with Crippen molar-refractivity contribution < 1.29 is 22.6 Å². The first kappa shape index (κ1) is 23.3. The van der Waals surface area contributed by atoms with Gasteiger partial charge in [-0.05, 0) is 38.4 Å². The van der Waals surface area contributed by atoms with Crippen molar-refractivity contribution in [3.05, 3.63) is 29.3 Å². The third-order valence-corrected chi connectivity index (χ3v) is 4.58. The molecule has 0 saturated carbocycles. The second-order valence-corrected chi connectivity index (χ2v) is 7.26. The molecule has 0 bridgehead atoms. The first-order valence-electron chi connectivity index (χ1n) is 9.80. The fourth-order valence-electron chi connectivity index (χ4n) is 3.05. The number of hydrogen-bond acceptors (Lipinski definition) is 4. The maximum absolute atomic E-state index is 12.4. The van der Waals surface area contributed by atoms with Gasteiger partial charge in [-0.3, -0.25) is 9.89 Å². The molecule has 0 spiro atoms. The Bertz CT molecular complexity index is 662. The van der Waals surface area contributed by atoms with Gasteiger partial charge in [0.25, 0.3) is 0 Å². The van der Waals surface area contributed by atoms with E-state index in [1.165, 1.54) is 11.9 Å². The van der Waals surface area contributed by atoms with Gasteiger partial charge >= 0.3 is 6.18 Å². The van der Waals surface area contributed by atoms with Gasteiger partial charge in [0.15, 0.2) is 5.96 Å². The Kier molecular flexibility index (Phi) is 9.03. The van der Waals surface area contributed by atoms with E-state index in [4.69, 9.17) is 9.47 Å². The fraction of sp³-hybridized carbons (Fsp3) is 0.650. The molecule has 2 rings (SSSR count). The molecule has 9 heteroatoms. The van der Waals surface area contributed by atoms with Crippen molar-refractivity contribution in [3.8, 4) is 5.75 Å². The average Bonchev–Trinajstić information content (AvgIpc) is 3.16. The lowest BCUT2D eigenvalue weighted by atomic mass is 10.1. The number of alkyl halides is 3. The van der Waals surface area contributed by atoms with Gasteiger partial charge in [-0.25, -0.2) is 0 Å². The largest absolute Gasteiger partial charge is 0.491 e. The SMILES string of the molecule is CN=C(NCCN(C)CC(F)(F)F)NCc1ccc(C)cc1OCC1CCCO1. The fourth-order valence-corrected chi connectivity index (χ4v) is 3.05. The topological polar surface area (TPSA) is 58.1 Å². The van der Waals surface area contributed by atoms with E-state index in [-0.39, 0.29) is 12.6 Å². The minimum atomic E-state index is -4.19. The molecule has 1 aromatic carbocycles. The quantitative estimate of drug-likeness (QED) is 0.479. The minimum Gasteiger partial charge on any atom is -0.491 e. The Morgan fingerprint density at radius 1 is 1.34 bits per heavy atom. The molecular formula is C20H31F3N4O2. The van der Waals surface area contributed by atoms with Crippen molar-refractivity contribution in [2.45, 2.75) is 38.6 Å². The summed E-state index contributed by atoms with van der Waals surface area (Å²) in [4.78, 5) is 5.34. The highest BCUT2D eigenvalue weighted by molar-refractivity contribution is 5.79. The molecule has 0 radical (unpaired) electrons. The highest BCUT2D eigenvalue weighted by Crippen LogP contribution is 2.22. The van der Waals surface area contributed by atoms with E-state index in [0.717, 1.165) is 36.3 Å². The number of rotatable bonds is 9. The molecule has 1 aliphatic heterocycles. The number of hydrogen-bond donors (Lipinski definition) is 2. The van der Waals surface area contributed by atoms with Crippen LogP contribution in [0.25, 0.3) is 0 Å². The normalized spacial score (nSPS) is 17.6. The summed E-state index contributed by atoms with van der Waals surface area (Å²) in [6.07, 6.45) is -1.98. The van der Waals surface area contributed by atoms with Gasteiger partial charge in [0.05, 0.1) is 12.6 Å². The number of guanidine groups is 1. The van der Waals surface area contributed by atoms with Crippen LogP contribution in [0.1, 0.15) is 24.0 Å². The smallest absolute Gasteiger partial charge is 0.401 e. The molecular weight excluding hydrogens is 385 g/mol. The molecule has 1 fully saturated rings. The zero-order chi connectivity index (χ0) is 21.3. The minimum absolute atomic E-state index is 0.138. The monoisotopic (exact) mass is 416 g/mol. The first-order valence-corrected chi connectivity index (χ1v) is 9.80. The molecule has 2 N–H and O–H groups in total. The number of halogens is 3. The first-order chi connectivity index (χ1) is 13.8. The molecule has 1 aromatic rings. The Morgan fingerprint density at radius 3 is 2.79 bits per heavy atom. The second kappa shape index (κ2) is 11.3. The number of nitrogens with one attached hydrogen (secondary N) is 2. The Labute approximate surface area is 170 Å². The summed E-state index contributed by atoms with van der Waals surface area (Å²) in [5.41, 5.74) is 2.08. The third kappa shape index (κ3) is 8.91. The van der Waals surface area contributed by atoms with Crippen molar-refractivity contribution >= 4 is 5.96 Å². The highest BCUT2D eigenvalue weighted by atomic mass is 19.4. The van der Waals surface area contributed by atoms with Crippen LogP contribution in [0.15, 0.2) is 23.2 Å². The molecule has 0 amide bonds. The van der Waals surface area contributed by atoms with Gasteiger partial charge in [0.1, 0.15) is 12.4 Å². The van der Waals surface area contributed by atoms with Gasteiger partial charge in [0, 0.05) is 38.9 Å². The Hall–Kier alpha value is -2.00. The lowest BCUT2D eigenvalue weighted by Gasteiger charge is -2.20. The van der Waals surface area contributed by atoms with Crippen molar-refractivity contribution in [1.82, 2.24) is 15.5 Å². The van der Waals surface area contributed by atoms with E-state index in [2.05, 4.69) is 15.6 Å². The van der Waals surface area contributed by atoms with E-state index >= 15 is 0 Å². The zero-order valence-electron chi connectivity index (χ0n) is 17.3. The Morgan fingerprint density at radius 2 is 2.14 bits per heavy atom. The van der Waals surface area contributed by atoms with Crippen molar-refractivity contribution in [1.29, 1.82) is 0 Å². The lowest BCUT2D eigenvalue weighted by Crippen LogP contribution is -2.42. The van der Waals surface area contributed by atoms with Crippen molar-refractivity contribution in [3.63, 3.8) is 0 Å². The van der Waals surface area contributed by atoms with Crippen LogP contribution < -0.4 is 15.4 Å². The molecule has 1 unspecified atom stereocenters. The molecule has 1 aliphatic rings. The molecule has 0 aromatic heterocycles. The number of aryl methyl sites for hydroxylation is 1. The second-order valence-electron chi connectivity index (χ2n) is 7.26. The van der Waals surface area contributed by atoms with Gasteiger partial charge in [-0.2, -0.15) is 13.2 Å². The van der Waals surface area contributed by atoms with E-state index in [9.17, 15) is 13.2 Å². The molecule has 164 valence electrons. The summed E-state index contributed by atoms with van der Waals surface area (Å²) in [5, 5.41) is 6.22. The third-order valence-electron chi connectivity index (χ3n) is 4.58. The van der Waals surface area contributed by atoms with Crippen molar-refractivity contribution in [2.75, 3.05) is 46.9 Å². The summed E-state index contributed by atoms with van der Waals surface area (Å²) in [7, 11) is 3.06. The van der Waals surface area contributed by atoms with Crippen molar-refractivity contribution in [2.24, 2.45) is 4.99 Å². The molecule has 0 aliphatic carbocycles. The number of ether oxygens (including phenoxy) is 2. The average molecular weight is 416 g/mol. The maximum Gasteiger partial charge on any atom is 0.401 e. The number of likely N-dealkylation sites (N-methyl/N-ethyl adjacent to an activating group) is 1. The van der Waals surface area contributed by atoms with Crippen LogP contribution in [0, 0.1) is 6.92 Å². The summed E-state index contributed by atoms with van der Waals surface area (Å²) < 4.78 is 48.7. The van der Waals surface area contributed by atoms with Gasteiger partial charge in [-0.15, -0.1) is 0 Å². The van der Waals surface area contributed by atoms with Crippen LogP contribution in [-0.2, 0) is 11.3 Å². The number of benzene rings is 1. The van der Waals surface area contributed by atoms with Gasteiger partial charge in [-0.1, -0.05) is 12.1 Å². The van der Waals surface area contributed by atoms with Crippen LogP contribution >= 0.6 is 0 Å². The summed E-state index contributed by atoms with van der Waals surface area (Å²) in [5.74, 6) is 1.32. The molecule has 1 atom stereocenters. The highest BCUT2D eigenvalue weighted by Gasteiger charge is 2.28. The maximum atomic E-state index is 12.4. The van der Waals surface area contributed by atoms with E-state index in [1.54, 1.807) is 7.05 Å². The Balaban J connectivity index is 1.82. The predicted molar refractivity (Wildman–Crippen MR) is 107 cm³/mol. The van der Waals surface area contributed by atoms with Crippen LogP contribution in [0.4, 0.5) is 13.2 Å². The lowest BCUT2D eigenvalue weighted by molar-refractivity contribution is -0.142. The summed E-state index contributed by atoms with van der Waals surface area (Å²) in [6.45, 7) is 3.47. The van der Waals surface area contributed by atoms with E-state index in [1.807, 2.05) is 25.1 Å². The molecule has 1 saturated heterocycles. The van der Waals surface area contributed by atoms with E-state index in [0.29, 0.717) is 25.7 Å². The number of nitrogens with zero attached hydrogens (tertiary/aromatic N) is 2. The molecule has 29 heavy (non-hydrogen) atoms. The summed E-state index contributed by atoms with van der Waals surface area (Å²) in [6, 6.07) is 6.00. The van der Waals surface area contributed by atoms with Crippen LogP contribution in [0.2, 0.25) is 0 Å². The number of aliphatic imine (C=N–C) groups is 1. The van der Waals surface area contributed by atoms with Crippen LogP contribution in [0.3, 0.4) is 0 Å². The molecule has 1 heterocycles. The molecule has 6 nitrogen and oxygen atoms in total. The van der Waals surface area contributed by atoms with Crippen LogP contribution in [0.5, 0.6) is 5.75 Å². The van der Waals surface area contributed by atoms with Gasteiger partial charge < -0.3 is 20.1 Å². The summed E-state index contributed by atoms with van der Waals surface area (Å²) >= 11 is 0. The predicted octanol–water partition coefficient (Wildman–Crippen LogP) is 2.71. The van der Waals surface area contributed by atoms with Gasteiger partial charge in [0.2, 0.25) is 0 Å². The zero-order valence-corrected chi connectivity index (χ0v) is 17.3. The van der Waals surface area contributed by atoms with E-state index < -0.39 is 12.7 Å². The van der Waals surface area contributed by atoms with Crippen LogP contribution in [-0.4, -0.2) is 70.1 Å². The standard InChI is InChI=1S/C20H31F3N4O2/c1-15-6-7-16(18(11-15)29-13-17-5-4-10-28-17)12-26-19(24-2)25-8-9-27(3)14-20(21,22)23/h6-7,11,17H,4-5,8-10,12-14H2,1-3H3,(H2,24,25,26).